The lowest BCUT2D eigenvalue weighted by Gasteiger charge is -2.20. The number of nitrogens with one attached hydrogen (secondary N) is 1. The molecule has 6 nitrogen and oxygen atoms in total. The molecule has 0 aromatic carbocycles. The second kappa shape index (κ2) is 5.27. The number of carbonyl (C=O) groups excluding carboxylic acids is 2. The molecule has 92 valence electrons. The first kappa shape index (κ1) is 12.9. The van der Waals surface area contributed by atoms with Crippen LogP contribution in [0.5, 0.6) is 0 Å². The van der Waals surface area contributed by atoms with Gasteiger partial charge < -0.3 is 20.7 Å². The van der Waals surface area contributed by atoms with Crippen molar-refractivity contribution in [2.75, 3.05) is 33.9 Å². The third kappa shape index (κ3) is 3.18. The number of ether oxygens (including phenoxy) is 1. The fraction of sp³-hybridized carbons (Fsp3) is 0.800. The van der Waals surface area contributed by atoms with Crippen LogP contribution in [0.1, 0.15) is 12.8 Å². The highest BCUT2D eigenvalue weighted by Crippen LogP contribution is 2.15. The Morgan fingerprint density at radius 1 is 1.50 bits per heavy atom. The summed E-state index contributed by atoms with van der Waals surface area (Å²) in [6, 6.07) is 0. The molecule has 6 heteroatoms. The number of hydrogen-bond acceptors (Lipinski definition) is 4. The minimum Gasteiger partial charge on any atom is -0.379 e. The van der Waals surface area contributed by atoms with Crippen LogP contribution in [-0.4, -0.2) is 56.1 Å². The SMILES string of the molecule is CN(C)C(=O)CCNC(=O)C1(N)CCOC1. The Kier molecular flexibility index (Phi) is 4.26. The number of carbonyl (C=O) groups is 2. The van der Waals surface area contributed by atoms with Gasteiger partial charge in [-0.2, -0.15) is 0 Å². The highest BCUT2D eigenvalue weighted by molar-refractivity contribution is 5.87. The van der Waals surface area contributed by atoms with Crippen molar-refractivity contribution in [2.24, 2.45) is 5.73 Å². The molecule has 0 aromatic heterocycles. The van der Waals surface area contributed by atoms with Crippen LogP contribution < -0.4 is 11.1 Å². The number of amides is 2. The lowest BCUT2D eigenvalue weighted by atomic mass is 9.99. The summed E-state index contributed by atoms with van der Waals surface area (Å²) in [5.41, 5.74) is 4.93. The summed E-state index contributed by atoms with van der Waals surface area (Å²) in [5, 5.41) is 2.66. The Bertz CT molecular complexity index is 272. The van der Waals surface area contributed by atoms with Crippen LogP contribution in [0.3, 0.4) is 0 Å². The van der Waals surface area contributed by atoms with Gasteiger partial charge in [-0.3, -0.25) is 9.59 Å². The first-order chi connectivity index (χ1) is 7.46. The van der Waals surface area contributed by atoms with Gasteiger partial charge in [-0.15, -0.1) is 0 Å². The average molecular weight is 229 g/mol. The minimum atomic E-state index is -0.916. The van der Waals surface area contributed by atoms with Gasteiger partial charge in [0.05, 0.1) is 6.61 Å². The Labute approximate surface area is 95.1 Å². The zero-order valence-corrected chi connectivity index (χ0v) is 9.78. The fourth-order valence-corrected chi connectivity index (χ4v) is 1.44. The number of nitrogens with zero attached hydrogens (tertiary/aromatic N) is 1. The first-order valence-electron chi connectivity index (χ1n) is 5.31. The van der Waals surface area contributed by atoms with E-state index in [2.05, 4.69) is 5.32 Å². The molecule has 0 saturated carbocycles. The average Bonchev–Trinajstić information content (AvgIpc) is 2.66. The largest absolute Gasteiger partial charge is 0.379 e. The zero-order valence-electron chi connectivity index (χ0n) is 9.78. The van der Waals surface area contributed by atoms with E-state index in [4.69, 9.17) is 10.5 Å². The highest BCUT2D eigenvalue weighted by atomic mass is 16.5. The van der Waals surface area contributed by atoms with Gasteiger partial charge in [0.1, 0.15) is 5.54 Å². The van der Waals surface area contributed by atoms with Crippen LogP contribution in [0.2, 0.25) is 0 Å². The molecule has 1 rings (SSSR count). The van der Waals surface area contributed by atoms with Gasteiger partial charge in [-0.25, -0.2) is 0 Å². The van der Waals surface area contributed by atoms with Crippen molar-refractivity contribution < 1.29 is 14.3 Å². The second-order valence-corrected chi connectivity index (χ2v) is 4.25. The maximum Gasteiger partial charge on any atom is 0.242 e. The molecule has 1 atom stereocenters. The molecule has 3 N–H and O–H groups in total. The molecule has 0 bridgehead atoms. The normalized spacial score (nSPS) is 24.2. The molecule has 0 aliphatic carbocycles. The molecule has 16 heavy (non-hydrogen) atoms. The van der Waals surface area contributed by atoms with E-state index in [-0.39, 0.29) is 24.8 Å². The van der Waals surface area contributed by atoms with E-state index in [0.29, 0.717) is 19.6 Å². The summed E-state index contributed by atoms with van der Waals surface area (Å²) in [5.74, 6) is -0.259. The predicted molar refractivity (Wildman–Crippen MR) is 58.7 cm³/mol. The van der Waals surface area contributed by atoms with E-state index in [0.717, 1.165) is 0 Å². The third-order valence-corrected chi connectivity index (χ3v) is 2.63. The molecule has 0 spiro atoms. The van der Waals surface area contributed by atoms with Crippen LogP contribution in [-0.2, 0) is 14.3 Å². The quantitative estimate of drug-likeness (QED) is 0.627. The maximum absolute atomic E-state index is 11.7. The first-order valence-corrected chi connectivity index (χ1v) is 5.31. The summed E-state index contributed by atoms with van der Waals surface area (Å²) in [4.78, 5) is 24.4. The van der Waals surface area contributed by atoms with Crippen LogP contribution >= 0.6 is 0 Å². The Hall–Kier alpha value is -1.14. The zero-order chi connectivity index (χ0) is 12.2. The van der Waals surface area contributed by atoms with Gasteiger partial charge in [-0.1, -0.05) is 0 Å². The van der Waals surface area contributed by atoms with Gasteiger partial charge in [0.25, 0.3) is 0 Å². The van der Waals surface area contributed by atoms with Crippen molar-refractivity contribution in [3.8, 4) is 0 Å². The third-order valence-electron chi connectivity index (χ3n) is 2.63. The smallest absolute Gasteiger partial charge is 0.242 e. The molecular weight excluding hydrogens is 210 g/mol. The van der Waals surface area contributed by atoms with Crippen LogP contribution in [0.15, 0.2) is 0 Å². The summed E-state index contributed by atoms with van der Waals surface area (Å²) < 4.78 is 5.09. The molecule has 1 saturated heterocycles. The highest BCUT2D eigenvalue weighted by Gasteiger charge is 2.37. The van der Waals surface area contributed by atoms with E-state index in [9.17, 15) is 9.59 Å². The van der Waals surface area contributed by atoms with E-state index >= 15 is 0 Å². The standard InChI is InChI=1S/C10H19N3O3/c1-13(2)8(14)3-5-12-9(15)10(11)4-6-16-7-10/h3-7,11H2,1-2H3,(H,12,15). The van der Waals surface area contributed by atoms with Crippen molar-refractivity contribution in [3.05, 3.63) is 0 Å². The fourth-order valence-electron chi connectivity index (χ4n) is 1.44. The van der Waals surface area contributed by atoms with E-state index in [1.165, 1.54) is 4.90 Å². The Balaban J connectivity index is 2.28. The molecule has 1 unspecified atom stereocenters. The summed E-state index contributed by atoms with van der Waals surface area (Å²) in [6.45, 7) is 1.08. The molecule has 1 aliphatic rings. The van der Waals surface area contributed by atoms with Crippen molar-refractivity contribution in [3.63, 3.8) is 0 Å². The van der Waals surface area contributed by atoms with Gasteiger partial charge in [0.2, 0.25) is 11.8 Å². The predicted octanol–water partition coefficient (Wildman–Crippen LogP) is -1.30. The van der Waals surface area contributed by atoms with Gasteiger partial charge in [0.15, 0.2) is 0 Å². The van der Waals surface area contributed by atoms with Crippen molar-refractivity contribution in [2.45, 2.75) is 18.4 Å². The van der Waals surface area contributed by atoms with E-state index in [1.54, 1.807) is 14.1 Å². The van der Waals surface area contributed by atoms with Gasteiger partial charge in [-0.05, 0) is 6.42 Å². The molecule has 0 radical (unpaired) electrons. The maximum atomic E-state index is 11.7. The van der Waals surface area contributed by atoms with Crippen molar-refractivity contribution >= 4 is 11.8 Å². The van der Waals surface area contributed by atoms with E-state index < -0.39 is 5.54 Å². The number of hydrogen-bond donors (Lipinski definition) is 2. The van der Waals surface area contributed by atoms with Gasteiger partial charge >= 0.3 is 0 Å². The summed E-state index contributed by atoms with van der Waals surface area (Å²) in [7, 11) is 3.36. The van der Waals surface area contributed by atoms with Crippen LogP contribution in [0, 0.1) is 0 Å². The molecule has 1 aliphatic heterocycles. The monoisotopic (exact) mass is 229 g/mol. The Morgan fingerprint density at radius 3 is 2.69 bits per heavy atom. The molecule has 1 fully saturated rings. The van der Waals surface area contributed by atoms with Crippen LogP contribution in [0.25, 0.3) is 0 Å². The second-order valence-electron chi connectivity index (χ2n) is 4.25. The van der Waals surface area contributed by atoms with E-state index in [1.807, 2.05) is 0 Å². The van der Waals surface area contributed by atoms with Crippen LogP contribution in [0.4, 0.5) is 0 Å². The summed E-state index contributed by atoms with van der Waals surface area (Å²) in [6.07, 6.45) is 0.816. The molecule has 2 amide bonds. The number of nitrogens with two attached hydrogens (primary N) is 1. The number of rotatable bonds is 4. The topological polar surface area (TPSA) is 84.7 Å². The van der Waals surface area contributed by atoms with Crippen molar-refractivity contribution in [1.82, 2.24) is 10.2 Å². The molecular formula is C10H19N3O3. The minimum absolute atomic E-state index is 0.0194. The summed E-state index contributed by atoms with van der Waals surface area (Å²) >= 11 is 0. The lowest BCUT2D eigenvalue weighted by molar-refractivity contribution is -0.129. The molecule has 1 heterocycles. The van der Waals surface area contributed by atoms with Gasteiger partial charge in [0, 0.05) is 33.7 Å². The van der Waals surface area contributed by atoms with Crippen molar-refractivity contribution in [1.29, 1.82) is 0 Å². The Morgan fingerprint density at radius 2 is 2.19 bits per heavy atom. The molecule has 0 aromatic rings. The lowest BCUT2D eigenvalue weighted by Crippen LogP contribution is -2.54.